The van der Waals surface area contributed by atoms with E-state index in [2.05, 4.69) is 0 Å². The van der Waals surface area contributed by atoms with E-state index in [4.69, 9.17) is 10.8 Å². The molecule has 2 aromatic rings. The number of hydrogen-bond acceptors (Lipinski definition) is 3. The molecule has 2 rings (SSSR count). The van der Waals surface area contributed by atoms with Crippen LogP contribution in [0.25, 0.3) is 10.1 Å². The molecule has 0 atom stereocenters. The van der Waals surface area contributed by atoms with Crippen LogP contribution in [-0.4, -0.2) is 11.1 Å². The van der Waals surface area contributed by atoms with E-state index in [1.54, 1.807) is 12.1 Å². The van der Waals surface area contributed by atoms with Crippen LogP contribution < -0.4 is 5.73 Å². The Morgan fingerprint density at radius 1 is 1.53 bits per heavy atom. The number of aromatic carboxylic acids is 1. The van der Waals surface area contributed by atoms with Gasteiger partial charge in [-0.15, -0.1) is 11.3 Å². The van der Waals surface area contributed by atoms with Gasteiger partial charge in [-0.25, -0.2) is 9.18 Å². The maximum atomic E-state index is 13.5. The molecule has 1 aromatic carbocycles. The number of hydrogen-bond donors (Lipinski definition) is 2. The molecule has 0 fully saturated rings. The summed E-state index contributed by atoms with van der Waals surface area (Å²) in [6.45, 7) is 0.0303. The largest absolute Gasteiger partial charge is 0.477 e. The Bertz CT molecular complexity index is 535. The summed E-state index contributed by atoms with van der Waals surface area (Å²) in [4.78, 5) is 11.0. The predicted molar refractivity (Wildman–Crippen MR) is 56.6 cm³/mol. The minimum absolute atomic E-state index is 0.0303. The third kappa shape index (κ3) is 1.49. The van der Waals surface area contributed by atoms with Crippen molar-refractivity contribution in [3.05, 3.63) is 34.5 Å². The van der Waals surface area contributed by atoms with E-state index in [1.165, 1.54) is 6.07 Å². The van der Waals surface area contributed by atoms with Crippen molar-refractivity contribution in [3.63, 3.8) is 0 Å². The second-order valence-corrected chi connectivity index (χ2v) is 4.08. The van der Waals surface area contributed by atoms with Crippen LogP contribution in [0.5, 0.6) is 0 Å². The lowest BCUT2D eigenvalue weighted by Crippen LogP contribution is -2.03. The zero-order valence-corrected chi connectivity index (χ0v) is 8.47. The van der Waals surface area contributed by atoms with Crippen molar-refractivity contribution in [1.29, 1.82) is 0 Å². The van der Waals surface area contributed by atoms with Crippen molar-refractivity contribution in [3.8, 4) is 0 Å². The van der Waals surface area contributed by atoms with E-state index in [0.717, 1.165) is 11.3 Å². The van der Waals surface area contributed by atoms with Gasteiger partial charge in [0.1, 0.15) is 10.7 Å². The molecular weight excluding hydrogens is 217 g/mol. The Morgan fingerprint density at radius 3 is 2.87 bits per heavy atom. The molecule has 0 radical (unpaired) electrons. The van der Waals surface area contributed by atoms with E-state index in [9.17, 15) is 9.18 Å². The van der Waals surface area contributed by atoms with Gasteiger partial charge in [-0.3, -0.25) is 0 Å². The summed E-state index contributed by atoms with van der Waals surface area (Å²) in [5.41, 5.74) is 5.82. The van der Waals surface area contributed by atoms with E-state index in [-0.39, 0.29) is 11.4 Å². The zero-order chi connectivity index (χ0) is 11.0. The van der Waals surface area contributed by atoms with Gasteiger partial charge in [0.15, 0.2) is 0 Å². The number of rotatable bonds is 2. The monoisotopic (exact) mass is 225 g/mol. The van der Waals surface area contributed by atoms with Gasteiger partial charge in [-0.05, 0) is 12.1 Å². The molecule has 0 unspecified atom stereocenters. The molecule has 0 aliphatic carbocycles. The summed E-state index contributed by atoms with van der Waals surface area (Å²) >= 11 is 1.05. The molecule has 0 aliphatic rings. The number of thiophene rings is 1. The molecule has 78 valence electrons. The highest BCUT2D eigenvalue weighted by Gasteiger charge is 2.18. The minimum atomic E-state index is -1.06. The SMILES string of the molecule is NCc1c(C(=O)O)sc2cccc(F)c12. The quantitative estimate of drug-likeness (QED) is 0.823. The van der Waals surface area contributed by atoms with Gasteiger partial charge in [0.05, 0.1) is 0 Å². The van der Waals surface area contributed by atoms with Gasteiger partial charge in [0.2, 0.25) is 0 Å². The van der Waals surface area contributed by atoms with Crippen LogP contribution in [0.1, 0.15) is 15.2 Å². The fraction of sp³-hybridized carbons (Fsp3) is 0.100. The van der Waals surface area contributed by atoms with Crippen LogP contribution in [-0.2, 0) is 6.54 Å². The zero-order valence-electron chi connectivity index (χ0n) is 7.66. The molecule has 0 spiro atoms. The van der Waals surface area contributed by atoms with Crippen molar-refractivity contribution in [2.45, 2.75) is 6.54 Å². The lowest BCUT2D eigenvalue weighted by atomic mass is 10.1. The number of carboxylic acids is 1. The molecule has 0 bridgehead atoms. The summed E-state index contributed by atoms with van der Waals surface area (Å²) < 4.78 is 14.1. The van der Waals surface area contributed by atoms with Gasteiger partial charge < -0.3 is 10.8 Å². The van der Waals surface area contributed by atoms with Crippen molar-refractivity contribution in [2.75, 3.05) is 0 Å². The Labute approximate surface area is 88.9 Å². The summed E-state index contributed by atoms with van der Waals surface area (Å²) in [5.74, 6) is -1.48. The minimum Gasteiger partial charge on any atom is -0.477 e. The van der Waals surface area contributed by atoms with E-state index < -0.39 is 11.8 Å². The number of benzene rings is 1. The molecule has 0 aliphatic heterocycles. The normalized spacial score (nSPS) is 10.8. The first-order valence-corrected chi connectivity index (χ1v) is 5.10. The second kappa shape index (κ2) is 3.60. The average molecular weight is 225 g/mol. The van der Waals surface area contributed by atoms with E-state index in [0.29, 0.717) is 15.6 Å². The van der Waals surface area contributed by atoms with Gasteiger partial charge in [-0.2, -0.15) is 0 Å². The molecule has 15 heavy (non-hydrogen) atoms. The predicted octanol–water partition coefficient (Wildman–Crippen LogP) is 2.20. The third-order valence-corrected chi connectivity index (χ3v) is 3.35. The number of halogens is 1. The Morgan fingerprint density at radius 2 is 2.27 bits per heavy atom. The summed E-state index contributed by atoms with van der Waals surface area (Å²) in [7, 11) is 0. The standard InChI is InChI=1S/C10H8FNO2S/c11-6-2-1-3-7-8(6)5(4-12)9(15-7)10(13)14/h1-3H,4,12H2,(H,13,14). The summed E-state index contributed by atoms with van der Waals surface area (Å²) in [6.07, 6.45) is 0. The fourth-order valence-corrected chi connectivity index (χ4v) is 2.62. The number of fused-ring (bicyclic) bond motifs is 1. The van der Waals surface area contributed by atoms with Crippen LogP contribution in [0.2, 0.25) is 0 Å². The molecule has 1 aromatic heterocycles. The lowest BCUT2D eigenvalue weighted by molar-refractivity contribution is 0.0701. The second-order valence-electron chi connectivity index (χ2n) is 3.03. The highest BCUT2D eigenvalue weighted by atomic mass is 32.1. The first-order chi connectivity index (χ1) is 7.15. The molecule has 5 heteroatoms. The Hall–Kier alpha value is -1.46. The molecule has 3 N–H and O–H groups in total. The number of carboxylic acid groups (broad SMARTS) is 1. The number of nitrogens with two attached hydrogens (primary N) is 1. The van der Waals surface area contributed by atoms with Crippen molar-refractivity contribution in [2.24, 2.45) is 5.73 Å². The van der Waals surface area contributed by atoms with Crippen molar-refractivity contribution < 1.29 is 14.3 Å². The molecule has 1 heterocycles. The van der Waals surface area contributed by atoms with Crippen LogP contribution in [0, 0.1) is 5.82 Å². The van der Waals surface area contributed by atoms with Gasteiger partial charge in [0, 0.05) is 22.2 Å². The number of carbonyl (C=O) groups is 1. The van der Waals surface area contributed by atoms with Gasteiger partial charge in [-0.1, -0.05) is 6.07 Å². The third-order valence-electron chi connectivity index (χ3n) is 2.16. The lowest BCUT2D eigenvalue weighted by Gasteiger charge is -1.97. The topological polar surface area (TPSA) is 63.3 Å². The van der Waals surface area contributed by atoms with E-state index in [1.807, 2.05) is 0 Å². The summed E-state index contributed by atoms with van der Waals surface area (Å²) in [5, 5.41) is 9.26. The van der Waals surface area contributed by atoms with Crippen LogP contribution in [0.4, 0.5) is 4.39 Å². The van der Waals surface area contributed by atoms with Crippen molar-refractivity contribution >= 4 is 27.4 Å². The molecule has 0 saturated heterocycles. The van der Waals surface area contributed by atoms with Crippen LogP contribution in [0.3, 0.4) is 0 Å². The highest BCUT2D eigenvalue weighted by molar-refractivity contribution is 7.21. The highest BCUT2D eigenvalue weighted by Crippen LogP contribution is 2.32. The van der Waals surface area contributed by atoms with Crippen molar-refractivity contribution in [1.82, 2.24) is 0 Å². The van der Waals surface area contributed by atoms with Gasteiger partial charge >= 0.3 is 5.97 Å². The molecular formula is C10H8FNO2S. The first-order valence-electron chi connectivity index (χ1n) is 4.28. The molecule has 0 amide bonds. The van der Waals surface area contributed by atoms with Crippen LogP contribution in [0.15, 0.2) is 18.2 Å². The maximum absolute atomic E-state index is 13.5. The van der Waals surface area contributed by atoms with Crippen LogP contribution >= 0.6 is 11.3 Å². The smallest absolute Gasteiger partial charge is 0.346 e. The maximum Gasteiger partial charge on any atom is 0.346 e. The Kier molecular flexibility index (Phi) is 2.42. The fourth-order valence-electron chi connectivity index (χ4n) is 1.53. The molecule has 3 nitrogen and oxygen atoms in total. The first kappa shape index (κ1) is 10.1. The molecule has 0 saturated carbocycles. The Balaban J connectivity index is 2.86. The van der Waals surface area contributed by atoms with E-state index >= 15 is 0 Å². The average Bonchev–Trinajstić information content (AvgIpc) is 2.57. The summed E-state index contributed by atoms with van der Waals surface area (Å²) in [6, 6.07) is 4.55. The van der Waals surface area contributed by atoms with Gasteiger partial charge in [0.25, 0.3) is 0 Å².